The number of carboxylic acids is 1. The standard InChI is InChI=1S/C14H24N2O4/c1-14(2)5-3-9(4-6-14)15-13(20)16-8-10(17)7-11(16)12(18)19/h9-11,17H,3-8H2,1-2H3,(H,15,20)(H,18,19)/t10-,11+/m1/s1. The number of aliphatic hydroxyl groups is 1. The van der Waals surface area contributed by atoms with Crippen LogP contribution in [0.4, 0.5) is 4.79 Å². The summed E-state index contributed by atoms with van der Waals surface area (Å²) in [6.45, 7) is 4.55. The molecule has 0 radical (unpaired) electrons. The van der Waals surface area contributed by atoms with Crippen LogP contribution in [0.5, 0.6) is 0 Å². The Labute approximate surface area is 119 Å². The van der Waals surface area contributed by atoms with Crippen molar-refractivity contribution >= 4 is 12.0 Å². The zero-order valence-corrected chi connectivity index (χ0v) is 12.1. The number of likely N-dealkylation sites (tertiary alicyclic amines) is 1. The SMILES string of the molecule is CC1(C)CCC(NC(=O)N2C[C@H](O)C[C@H]2C(=O)O)CC1. The molecule has 2 rings (SSSR count). The van der Waals surface area contributed by atoms with Crippen LogP contribution in [0.1, 0.15) is 46.0 Å². The Morgan fingerprint density at radius 2 is 1.85 bits per heavy atom. The quantitative estimate of drug-likeness (QED) is 0.710. The highest BCUT2D eigenvalue weighted by atomic mass is 16.4. The number of hydrogen-bond donors (Lipinski definition) is 3. The van der Waals surface area contributed by atoms with Crippen LogP contribution in [-0.4, -0.2) is 51.8 Å². The number of rotatable bonds is 2. The number of urea groups is 1. The molecule has 1 saturated heterocycles. The summed E-state index contributed by atoms with van der Waals surface area (Å²) in [6.07, 6.45) is 3.33. The first-order chi connectivity index (χ1) is 9.28. The second-order valence-electron chi connectivity index (χ2n) is 6.78. The average molecular weight is 284 g/mol. The number of carboxylic acid groups (broad SMARTS) is 1. The first-order valence-electron chi connectivity index (χ1n) is 7.26. The summed E-state index contributed by atoms with van der Waals surface area (Å²) in [4.78, 5) is 24.5. The van der Waals surface area contributed by atoms with Crippen molar-refractivity contribution < 1.29 is 19.8 Å². The Balaban J connectivity index is 1.90. The molecule has 0 spiro atoms. The molecule has 6 nitrogen and oxygen atoms in total. The molecule has 0 aromatic rings. The number of carbonyl (C=O) groups excluding carboxylic acids is 1. The fourth-order valence-corrected chi connectivity index (χ4v) is 3.07. The number of nitrogens with zero attached hydrogens (tertiary/aromatic N) is 1. The molecular weight excluding hydrogens is 260 g/mol. The van der Waals surface area contributed by atoms with E-state index in [0.717, 1.165) is 25.7 Å². The van der Waals surface area contributed by atoms with E-state index in [-0.39, 0.29) is 25.0 Å². The lowest BCUT2D eigenvalue weighted by molar-refractivity contribution is -0.141. The normalized spacial score (nSPS) is 30.2. The van der Waals surface area contributed by atoms with E-state index in [0.29, 0.717) is 5.41 Å². The van der Waals surface area contributed by atoms with E-state index in [9.17, 15) is 14.7 Å². The molecule has 2 amide bonds. The Hall–Kier alpha value is -1.30. The van der Waals surface area contributed by atoms with Gasteiger partial charge in [-0.3, -0.25) is 0 Å². The van der Waals surface area contributed by atoms with Crippen molar-refractivity contribution in [2.75, 3.05) is 6.54 Å². The molecule has 1 saturated carbocycles. The van der Waals surface area contributed by atoms with Gasteiger partial charge in [-0.25, -0.2) is 9.59 Å². The fraction of sp³-hybridized carbons (Fsp3) is 0.857. The highest BCUT2D eigenvalue weighted by molar-refractivity contribution is 5.83. The number of hydrogen-bond acceptors (Lipinski definition) is 3. The van der Waals surface area contributed by atoms with Gasteiger partial charge in [0.2, 0.25) is 0 Å². The number of amides is 2. The molecule has 1 heterocycles. The predicted octanol–water partition coefficient (Wildman–Crippen LogP) is 1.18. The van der Waals surface area contributed by atoms with E-state index in [2.05, 4.69) is 19.2 Å². The van der Waals surface area contributed by atoms with Crippen LogP contribution in [0.2, 0.25) is 0 Å². The molecule has 2 atom stereocenters. The second kappa shape index (κ2) is 5.60. The van der Waals surface area contributed by atoms with Gasteiger partial charge in [0.1, 0.15) is 6.04 Å². The monoisotopic (exact) mass is 284 g/mol. The first kappa shape index (κ1) is 15.1. The topological polar surface area (TPSA) is 89.9 Å². The van der Waals surface area contributed by atoms with Gasteiger partial charge in [0.05, 0.1) is 6.10 Å². The van der Waals surface area contributed by atoms with Crippen LogP contribution in [0.15, 0.2) is 0 Å². The minimum Gasteiger partial charge on any atom is -0.480 e. The summed E-state index contributed by atoms with van der Waals surface area (Å²) in [7, 11) is 0. The molecule has 3 N–H and O–H groups in total. The lowest BCUT2D eigenvalue weighted by Crippen LogP contribution is -2.50. The van der Waals surface area contributed by atoms with Crippen LogP contribution in [0.3, 0.4) is 0 Å². The van der Waals surface area contributed by atoms with Crippen molar-refractivity contribution in [2.45, 2.75) is 64.1 Å². The Morgan fingerprint density at radius 3 is 2.40 bits per heavy atom. The van der Waals surface area contributed by atoms with Gasteiger partial charge in [-0.05, 0) is 31.1 Å². The Kier molecular flexibility index (Phi) is 4.22. The van der Waals surface area contributed by atoms with Crippen molar-refractivity contribution in [3.05, 3.63) is 0 Å². The molecule has 0 aromatic carbocycles. The maximum Gasteiger partial charge on any atom is 0.326 e. The third-order valence-electron chi connectivity index (χ3n) is 4.49. The smallest absolute Gasteiger partial charge is 0.326 e. The number of carbonyl (C=O) groups is 2. The van der Waals surface area contributed by atoms with E-state index < -0.39 is 18.1 Å². The predicted molar refractivity (Wildman–Crippen MR) is 73.3 cm³/mol. The van der Waals surface area contributed by atoms with Gasteiger partial charge >= 0.3 is 12.0 Å². The summed E-state index contributed by atoms with van der Waals surface area (Å²) < 4.78 is 0. The van der Waals surface area contributed by atoms with Crippen molar-refractivity contribution in [2.24, 2.45) is 5.41 Å². The largest absolute Gasteiger partial charge is 0.480 e. The number of aliphatic hydroxyl groups excluding tert-OH is 1. The maximum absolute atomic E-state index is 12.2. The van der Waals surface area contributed by atoms with Gasteiger partial charge in [-0.2, -0.15) is 0 Å². The third kappa shape index (κ3) is 3.42. The van der Waals surface area contributed by atoms with Crippen molar-refractivity contribution in [3.63, 3.8) is 0 Å². The van der Waals surface area contributed by atoms with Crippen LogP contribution in [0.25, 0.3) is 0 Å². The van der Waals surface area contributed by atoms with Gasteiger partial charge in [0.15, 0.2) is 0 Å². The number of β-amino-alcohol motifs (C(OH)–C–C–N with tert-alkyl or cyclic N) is 1. The van der Waals surface area contributed by atoms with Crippen molar-refractivity contribution in [1.82, 2.24) is 10.2 Å². The molecule has 6 heteroatoms. The molecule has 2 fully saturated rings. The molecule has 0 aromatic heterocycles. The van der Waals surface area contributed by atoms with E-state index in [1.165, 1.54) is 4.90 Å². The zero-order valence-electron chi connectivity index (χ0n) is 12.1. The van der Waals surface area contributed by atoms with Gasteiger partial charge < -0.3 is 20.4 Å². The van der Waals surface area contributed by atoms with Crippen LogP contribution < -0.4 is 5.32 Å². The fourth-order valence-electron chi connectivity index (χ4n) is 3.07. The second-order valence-corrected chi connectivity index (χ2v) is 6.78. The maximum atomic E-state index is 12.2. The van der Waals surface area contributed by atoms with E-state index in [1.54, 1.807) is 0 Å². The summed E-state index contributed by atoms with van der Waals surface area (Å²) >= 11 is 0. The summed E-state index contributed by atoms with van der Waals surface area (Å²) in [6, 6.07) is -1.16. The number of aliphatic carboxylic acids is 1. The lowest BCUT2D eigenvalue weighted by atomic mass is 9.75. The molecule has 2 aliphatic rings. The minimum absolute atomic E-state index is 0.0982. The van der Waals surface area contributed by atoms with Gasteiger partial charge in [-0.1, -0.05) is 13.8 Å². The van der Waals surface area contributed by atoms with E-state index in [4.69, 9.17) is 5.11 Å². The van der Waals surface area contributed by atoms with Gasteiger partial charge in [-0.15, -0.1) is 0 Å². The van der Waals surface area contributed by atoms with Gasteiger partial charge in [0, 0.05) is 19.0 Å². The Morgan fingerprint density at radius 1 is 1.25 bits per heavy atom. The highest BCUT2D eigenvalue weighted by Crippen LogP contribution is 2.35. The zero-order chi connectivity index (χ0) is 14.9. The van der Waals surface area contributed by atoms with Crippen molar-refractivity contribution in [3.8, 4) is 0 Å². The Bertz CT molecular complexity index is 387. The van der Waals surface area contributed by atoms with E-state index in [1.807, 2.05) is 0 Å². The summed E-state index contributed by atoms with van der Waals surface area (Å²) in [5.41, 5.74) is 0.328. The lowest BCUT2D eigenvalue weighted by Gasteiger charge is -2.35. The van der Waals surface area contributed by atoms with Crippen LogP contribution >= 0.6 is 0 Å². The molecule has 114 valence electrons. The molecular formula is C14H24N2O4. The first-order valence-corrected chi connectivity index (χ1v) is 7.26. The summed E-state index contributed by atoms with van der Waals surface area (Å²) in [5, 5.41) is 21.6. The van der Waals surface area contributed by atoms with Gasteiger partial charge in [0.25, 0.3) is 0 Å². The molecule has 20 heavy (non-hydrogen) atoms. The number of nitrogens with one attached hydrogen (secondary N) is 1. The van der Waals surface area contributed by atoms with E-state index >= 15 is 0 Å². The average Bonchev–Trinajstić information content (AvgIpc) is 2.74. The highest BCUT2D eigenvalue weighted by Gasteiger charge is 2.39. The molecule has 1 aliphatic carbocycles. The van der Waals surface area contributed by atoms with Crippen molar-refractivity contribution in [1.29, 1.82) is 0 Å². The molecule has 1 aliphatic heterocycles. The molecule has 0 unspecified atom stereocenters. The summed E-state index contributed by atoms with van der Waals surface area (Å²) in [5.74, 6) is -1.05. The minimum atomic E-state index is -1.05. The molecule has 0 bridgehead atoms. The van der Waals surface area contributed by atoms with Crippen LogP contribution in [-0.2, 0) is 4.79 Å². The third-order valence-corrected chi connectivity index (χ3v) is 4.49. The van der Waals surface area contributed by atoms with Crippen LogP contribution in [0, 0.1) is 5.41 Å².